The lowest BCUT2D eigenvalue weighted by molar-refractivity contribution is 0.0492. The Bertz CT molecular complexity index is 973. The number of methoxy groups -OCH3 is 1. The maximum absolute atomic E-state index is 14.1. The van der Waals surface area contributed by atoms with E-state index in [1.165, 1.54) is 24.5 Å². The van der Waals surface area contributed by atoms with E-state index in [2.05, 4.69) is 0 Å². The van der Waals surface area contributed by atoms with Gasteiger partial charge in [-0.3, -0.25) is 9.36 Å². The summed E-state index contributed by atoms with van der Waals surface area (Å²) < 4.78 is 26.8. The molecular formula is C17H16FNO4S2. The summed E-state index contributed by atoms with van der Waals surface area (Å²) in [7, 11) is 1.49. The second kappa shape index (κ2) is 7.47. The molecule has 0 saturated heterocycles. The number of ether oxygens (including phenoxy) is 2. The Labute approximate surface area is 151 Å². The molecule has 0 aliphatic rings. The van der Waals surface area contributed by atoms with Gasteiger partial charge in [0, 0.05) is 33.8 Å². The van der Waals surface area contributed by atoms with Crippen LogP contribution in [0.4, 0.5) is 4.39 Å². The topological polar surface area (TPSA) is 57.5 Å². The fourth-order valence-electron chi connectivity index (χ4n) is 2.58. The second-order valence-electron chi connectivity index (χ2n) is 5.39. The zero-order chi connectivity index (χ0) is 18.0. The standard InChI is InChI=1S/C17H16FNO4S2/c1-10-9-24-17(21)19(10)6-7-23-16(20)15-11(8-22-2)14-12(18)4-3-5-13(14)25-15/h3-5,9H,6-8H2,1-2H3. The molecule has 3 rings (SSSR count). The number of esters is 1. The Morgan fingerprint density at radius 3 is 2.84 bits per heavy atom. The van der Waals surface area contributed by atoms with Crippen molar-refractivity contribution < 1.29 is 18.7 Å². The number of hydrogen-bond acceptors (Lipinski definition) is 6. The van der Waals surface area contributed by atoms with Gasteiger partial charge in [-0.15, -0.1) is 11.3 Å². The molecule has 0 bridgehead atoms. The Morgan fingerprint density at radius 2 is 2.16 bits per heavy atom. The Morgan fingerprint density at radius 1 is 1.36 bits per heavy atom. The van der Waals surface area contributed by atoms with Gasteiger partial charge < -0.3 is 9.47 Å². The van der Waals surface area contributed by atoms with Crippen LogP contribution in [0.3, 0.4) is 0 Å². The number of carbonyl (C=O) groups excluding carboxylic acids is 1. The van der Waals surface area contributed by atoms with Crippen LogP contribution in [0.5, 0.6) is 0 Å². The third-order valence-electron chi connectivity index (χ3n) is 3.76. The summed E-state index contributed by atoms with van der Waals surface area (Å²) >= 11 is 2.29. The van der Waals surface area contributed by atoms with Crippen LogP contribution >= 0.6 is 22.7 Å². The number of aromatic nitrogens is 1. The minimum Gasteiger partial charge on any atom is -0.460 e. The monoisotopic (exact) mass is 381 g/mol. The fourth-order valence-corrected chi connectivity index (χ4v) is 4.46. The van der Waals surface area contributed by atoms with Crippen LogP contribution in [0.15, 0.2) is 28.4 Å². The van der Waals surface area contributed by atoms with Crippen molar-refractivity contribution in [1.82, 2.24) is 4.57 Å². The third-order valence-corrected chi connectivity index (χ3v) is 5.82. The molecule has 0 fully saturated rings. The Balaban J connectivity index is 1.81. The molecule has 25 heavy (non-hydrogen) atoms. The van der Waals surface area contributed by atoms with E-state index in [0.29, 0.717) is 27.1 Å². The summed E-state index contributed by atoms with van der Waals surface area (Å²) in [6.07, 6.45) is 0. The van der Waals surface area contributed by atoms with Crippen molar-refractivity contribution in [1.29, 1.82) is 0 Å². The van der Waals surface area contributed by atoms with Gasteiger partial charge in [0.15, 0.2) is 0 Å². The van der Waals surface area contributed by atoms with Gasteiger partial charge >= 0.3 is 10.8 Å². The predicted molar refractivity (Wildman–Crippen MR) is 96.1 cm³/mol. The summed E-state index contributed by atoms with van der Waals surface area (Å²) in [6, 6.07) is 4.72. The van der Waals surface area contributed by atoms with E-state index in [1.807, 2.05) is 6.92 Å². The predicted octanol–water partition coefficient (Wildman–Crippen LogP) is 3.58. The number of halogens is 1. The van der Waals surface area contributed by atoms with Crippen molar-refractivity contribution >= 4 is 38.7 Å². The third kappa shape index (κ3) is 3.51. The van der Waals surface area contributed by atoms with Crippen molar-refractivity contribution in [2.24, 2.45) is 0 Å². The van der Waals surface area contributed by atoms with Crippen LogP contribution in [-0.2, 0) is 22.6 Å². The molecule has 2 aromatic heterocycles. The van der Waals surface area contributed by atoms with Gasteiger partial charge in [0.05, 0.1) is 13.2 Å². The Hall–Kier alpha value is -2.03. The minimum atomic E-state index is -0.534. The first kappa shape index (κ1) is 17.8. The highest BCUT2D eigenvalue weighted by molar-refractivity contribution is 7.21. The van der Waals surface area contributed by atoms with Crippen molar-refractivity contribution in [2.75, 3.05) is 13.7 Å². The lowest BCUT2D eigenvalue weighted by Crippen LogP contribution is -2.19. The number of benzene rings is 1. The highest BCUT2D eigenvalue weighted by atomic mass is 32.1. The molecule has 3 aromatic rings. The first-order chi connectivity index (χ1) is 12.0. The van der Waals surface area contributed by atoms with E-state index in [-0.39, 0.29) is 23.9 Å². The van der Waals surface area contributed by atoms with E-state index in [1.54, 1.807) is 22.1 Å². The second-order valence-corrected chi connectivity index (χ2v) is 7.26. The highest BCUT2D eigenvalue weighted by Crippen LogP contribution is 2.34. The first-order valence-electron chi connectivity index (χ1n) is 7.53. The zero-order valence-corrected chi connectivity index (χ0v) is 15.3. The molecule has 0 saturated carbocycles. The van der Waals surface area contributed by atoms with Gasteiger partial charge in [-0.1, -0.05) is 17.4 Å². The molecule has 0 amide bonds. The van der Waals surface area contributed by atoms with Crippen LogP contribution in [0, 0.1) is 12.7 Å². The molecule has 0 aliphatic heterocycles. The largest absolute Gasteiger partial charge is 0.460 e. The lowest BCUT2D eigenvalue weighted by atomic mass is 10.1. The maximum atomic E-state index is 14.1. The molecule has 0 radical (unpaired) electrons. The SMILES string of the molecule is COCc1c(C(=O)OCCn2c(C)csc2=O)sc2cccc(F)c12. The molecular weight excluding hydrogens is 365 g/mol. The molecule has 0 aliphatic carbocycles. The summed E-state index contributed by atoms with van der Waals surface area (Å²) in [5.41, 5.74) is 1.32. The van der Waals surface area contributed by atoms with E-state index < -0.39 is 5.97 Å². The number of carbonyl (C=O) groups is 1. The molecule has 0 atom stereocenters. The lowest BCUT2D eigenvalue weighted by Gasteiger charge is -2.07. The van der Waals surface area contributed by atoms with Crippen molar-refractivity contribution in [2.45, 2.75) is 20.1 Å². The van der Waals surface area contributed by atoms with Gasteiger partial charge in [-0.05, 0) is 19.1 Å². The van der Waals surface area contributed by atoms with Gasteiger partial charge in [0.25, 0.3) is 0 Å². The molecule has 0 spiro atoms. The first-order valence-corrected chi connectivity index (χ1v) is 9.23. The van der Waals surface area contributed by atoms with E-state index in [9.17, 15) is 14.0 Å². The van der Waals surface area contributed by atoms with Gasteiger partial charge in [0.2, 0.25) is 0 Å². The summed E-state index contributed by atoms with van der Waals surface area (Å²) in [5, 5.41) is 2.15. The minimum absolute atomic E-state index is 0.0689. The number of thiazole rings is 1. The van der Waals surface area contributed by atoms with Crippen molar-refractivity contribution in [3.05, 3.63) is 55.2 Å². The maximum Gasteiger partial charge on any atom is 0.348 e. The van der Waals surface area contributed by atoms with E-state index in [0.717, 1.165) is 17.0 Å². The molecule has 132 valence electrons. The average molecular weight is 381 g/mol. The van der Waals surface area contributed by atoms with Crippen LogP contribution < -0.4 is 4.87 Å². The van der Waals surface area contributed by atoms with Gasteiger partial charge in [0.1, 0.15) is 17.3 Å². The summed E-state index contributed by atoms with van der Waals surface area (Å²) in [4.78, 5) is 24.4. The Kier molecular flexibility index (Phi) is 5.31. The van der Waals surface area contributed by atoms with Crippen molar-refractivity contribution in [3.8, 4) is 0 Å². The molecule has 2 heterocycles. The number of hydrogen-bond donors (Lipinski definition) is 0. The average Bonchev–Trinajstić information content (AvgIpc) is 3.11. The highest BCUT2D eigenvalue weighted by Gasteiger charge is 2.21. The number of nitrogens with zero attached hydrogens (tertiary/aromatic N) is 1. The van der Waals surface area contributed by atoms with Crippen LogP contribution in [0.1, 0.15) is 20.9 Å². The summed E-state index contributed by atoms with van der Waals surface area (Å²) in [6.45, 7) is 2.30. The van der Waals surface area contributed by atoms with Crippen LogP contribution in [-0.4, -0.2) is 24.3 Å². The molecule has 8 heteroatoms. The fraction of sp³-hybridized carbons (Fsp3) is 0.294. The zero-order valence-electron chi connectivity index (χ0n) is 13.7. The normalized spacial score (nSPS) is 11.2. The van der Waals surface area contributed by atoms with E-state index in [4.69, 9.17) is 9.47 Å². The van der Waals surface area contributed by atoms with Gasteiger partial charge in [-0.25, -0.2) is 9.18 Å². The smallest absolute Gasteiger partial charge is 0.348 e. The van der Waals surface area contributed by atoms with Crippen LogP contribution in [0.2, 0.25) is 0 Å². The summed E-state index contributed by atoms with van der Waals surface area (Å²) in [5.74, 6) is -0.922. The van der Waals surface area contributed by atoms with E-state index >= 15 is 0 Å². The molecule has 0 unspecified atom stereocenters. The number of thiophene rings is 1. The number of rotatable bonds is 6. The molecule has 1 aromatic carbocycles. The van der Waals surface area contributed by atoms with Crippen LogP contribution in [0.25, 0.3) is 10.1 Å². The molecule has 5 nitrogen and oxygen atoms in total. The quantitative estimate of drug-likeness (QED) is 0.613. The molecule has 0 N–H and O–H groups in total. The number of fused-ring (bicyclic) bond motifs is 1. The number of aryl methyl sites for hydroxylation is 1. The van der Waals surface area contributed by atoms with Gasteiger partial charge in [-0.2, -0.15) is 0 Å². The van der Waals surface area contributed by atoms with Crippen molar-refractivity contribution in [3.63, 3.8) is 0 Å².